The van der Waals surface area contributed by atoms with Gasteiger partial charge in [-0.05, 0) is 49.9 Å². The summed E-state index contributed by atoms with van der Waals surface area (Å²) in [6.45, 7) is 7.64. The molecule has 1 atom stereocenters. The van der Waals surface area contributed by atoms with E-state index < -0.39 is 6.10 Å². The summed E-state index contributed by atoms with van der Waals surface area (Å²) in [5.41, 5.74) is 6.48. The van der Waals surface area contributed by atoms with Gasteiger partial charge in [0.2, 0.25) is 5.88 Å². The van der Waals surface area contributed by atoms with Crippen LogP contribution in [0.5, 0.6) is 5.88 Å². The van der Waals surface area contributed by atoms with Gasteiger partial charge in [0.05, 0.1) is 11.1 Å². The molecule has 158 valence electrons. The molecule has 2 heterocycles. The van der Waals surface area contributed by atoms with Crippen LogP contribution in [0.25, 0.3) is 22.2 Å². The van der Waals surface area contributed by atoms with Gasteiger partial charge in [-0.3, -0.25) is 9.48 Å². The van der Waals surface area contributed by atoms with Crippen molar-refractivity contribution in [3.05, 3.63) is 71.4 Å². The highest BCUT2D eigenvalue weighted by atomic mass is 16.5. The molecule has 1 N–H and O–H groups in total. The Hall–Kier alpha value is -3.67. The smallest absolute Gasteiger partial charge is 0.265 e. The lowest BCUT2D eigenvalue weighted by molar-refractivity contribution is -0.122. The number of nitrogens with zero attached hydrogens (tertiary/aromatic N) is 3. The second-order valence-corrected chi connectivity index (χ2v) is 7.80. The number of aromatic nitrogens is 3. The predicted molar refractivity (Wildman–Crippen MR) is 123 cm³/mol. The fourth-order valence-corrected chi connectivity index (χ4v) is 3.80. The molecular weight excluding hydrogens is 388 g/mol. The molecule has 6 nitrogen and oxygen atoms in total. The minimum atomic E-state index is -0.720. The third kappa shape index (κ3) is 4.01. The molecule has 2 aromatic carbocycles. The van der Waals surface area contributed by atoms with Crippen LogP contribution in [-0.2, 0) is 11.8 Å². The highest BCUT2D eigenvalue weighted by Crippen LogP contribution is 2.33. The van der Waals surface area contributed by atoms with Crippen LogP contribution in [0.2, 0.25) is 0 Å². The van der Waals surface area contributed by atoms with Gasteiger partial charge in [-0.1, -0.05) is 48.5 Å². The average Bonchev–Trinajstić information content (AvgIpc) is 3.04. The monoisotopic (exact) mass is 414 g/mol. The second-order valence-electron chi connectivity index (χ2n) is 7.80. The van der Waals surface area contributed by atoms with Gasteiger partial charge >= 0.3 is 0 Å². The molecule has 0 radical (unpaired) electrons. The van der Waals surface area contributed by atoms with E-state index in [9.17, 15) is 4.79 Å². The van der Waals surface area contributed by atoms with Crippen LogP contribution in [0.4, 0.5) is 5.69 Å². The minimum absolute atomic E-state index is 0.221. The zero-order chi connectivity index (χ0) is 22.1. The fraction of sp³-hybridized carbons (Fsp3) is 0.240. The third-order valence-corrected chi connectivity index (χ3v) is 5.43. The molecule has 0 aliphatic heterocycles. The van der Waals surface area contributed by atoms with E-state index in [2.05, 4.69) is 15.4 Å². The molecule has 2 aromatic heterocycles. The predicted octanol–water partition coefficient (Wildman–Crippen LogP) is 4.97. The lowest BCUT2D eigenvalue weighted by Gasteiger charge is -2.17. The van der Waals surface area contributed by atoms with Crippen LogP contribution in [0, 0.1) is 20.8 Å². The van der Waals surface area contributed by atoms with Crippen molar-refractivity contribution in [3.63, 3.8) is 0 Å². The topological polar surface area (TPSA) is 69.0 Å². The van der Waals surface area contributed by atoms with Gasteiger partial charge in [-0.15, -0.1) is 0 Å². The van der Waals surface area contributed by atoms with Gasteiger partial charge < -0.3 is 10.1 Å². The molecule has 0 fully saturated rings. The molecule has 0 saturated carbocycles. The number of amides is 1. The van der Waals surface area contributed by atoms with Crippen LogP contribution in [0.3, 0.4) is 0 Å². The van der Waals surface area contributed by atoms with Gasteiger partial charge in [0.1, 0.15) is 0 Å². The molecule has 6 heteroatoms. The number of para-hydroxylation sites is 1. The molecule has 0 bridgehead atoms. The van der Waals surface area contributed by atoms with E-state index in [1.54, 1.807) is 11.6 Å². The molecule has 0 saturated heterocycles. The summed E-state index contributed by atoms with van der Waals surface area (Å²) in [6, 6.07) is 17.9. The molecule has 1 unspecified atom stereocenters. The van der Waals surface area contributed by atoms with E-state index in [1.165, 1.54) is 0 Å². The number of carbonyl (C=O) groups is 1. The number of hydrogen-bond donors (Lipinski definition) is 1. The summed E-state index contributed by atoms with van der Waals surface area (Å²) in [7, 11) is 1.86. The van der Waals surface area contributed by atoms with Crippen molar-refractivity contribution in [2.45, 2.75) is 33.8 Å². The Kier molecular flexibility index (Phi) is 5.46. The first-order valence-electron chi connectivity index (χ1n) is 10.3. The zero-order valence-corrected chi connectivity index (χ0v) is 18.4. The number of aryl methyl sites for hydroxylation is 4. The van der Waals surface area contributed by atoms with Crippen molar-refractivity contribution in [2.75, 3.05) is 5.32 Å². The molecule has 31 heavy (non-hydrogen) atoms. The van der Waals surface area contributed by atoms with Crippen molar-refractivity contribution in [1.82, 2.24) is 14.8 Å². The summed E-state index contributed by atoms with van der Waals surface area (Å²) in [6.07, 6.45) is -0.720. The number of carbonyl (C=O) groups excluding carboxylic acids is 1. The number of fused-ring (bicyclic) bond motifs is 1. The molecule has 4 rings (SSSR count). The Labute approximate surface area is 181 Å². The molecule has 1 amide bonds. The number of hydrogen-bond acceptors (Lipinski definition) is 4. The Morgan fingerprint density at radius 2 is 1.71 bits per heavy atom. The lowest BCUT2D eigenvalue weighted by Crippen LogP contribution is -2.31. The number of ether oxygens (including phenoxy) is 1. The fourth-order valence-electron chi connectivity index (χ4n) is 3.80. The van der Waals surface area contributed by atoms with Crippen molar-refractivity contribution in [2.24, 2.45) is 7.05 Å². The summed E-state index contributed by atoms with van der Waals surface area (Å²) in [4.78, 5) is 17.5. The number of anilines is 1. The van der Waals surface area contributed by atoms with Crippen molar-refractivity contribution in [1.29, 1.82) is 0 Å². The maximum absolute atomic E-state index is 12.8. The van der Waals surface area contributed by atoms with Gasteiger partial charge in [0.25, 0.3) is 5.91 Å². The highest BCUT2D eigenvalue weighted by molar-refractivity contribution is 5.97. The molecular formula is C25H26N4O2. The van der Waals surface area contributed by atoms with Crippen LogP contribution < -0.4 is 10.1 Å². The quantitative estimate of drug-likeness (QED) is 0.501. The second kappa shape index (κ2) is 8.22. The Balaban J connectivity index is 1.67. The zero-order valence-electron chi connectivity index (χ0n) is 18.4. The first kappa shape index (κ1) is 20.6. The Bertz CT molecular complexity index is 1240. The standard InChI is InChI=1S/C25H26N4O2/c1-15-10-9-11-16(2)23(15)27-25(30)18(4)31-21-14-20(19-12-7-6-8-13-19)22-17(3)28-29(5)24(22)26-21/h6-14,18H,1-5H3,(H,27,30). The van der Waals surface area contributed by atoms with Gasteiger partial charge in [0, 0.05) is 18.8 Å². The third-order valence-electron chi connectivity index (χ3n) is 5.43. The van der Waals surface area contributed by atoms with E-state index >= 15 is 0 Å². The van der Waals surface area contributed by atoms with Crippen molar-refractivity contribution < 1.29 is 9.53 Å². The van der Waals surface area contributed by atoms with Crippen molar-refractivity contribution >= 4 is 22.6 Å². The van der Waals surface area contributed by atoms with E-state index in [1.807, 2.05) is 82.4 Å². The summed E-state index contributed by atoms with van der Waals surface area (Å²) >= 11 is 0. The van der Waals surface area contributed by atoms with Crippen LogP contribution >= 0.6 is 0 Å². The number of rotatable bonds is 5. The molecule has 4 aromatic rings. The molecule has 0 aliphatic rings. The first-order chi connectivity index (χ1) is 14.8. The normalized spacial score (nSPS) is 12.0. The van der Waals surface area contributed by atoms with Crippen molar-refractivity contribution in [3.8, 4) is 17.0 Å². The Morgan fingerprint density at radius 1 is 1.03 bits per heavy atom. The minimum Gasteiger partial charge on any atom is -0.464 e. The molecule has 0 spiro atoms. The number of benzene rings is 2. The SMILES string of the molecule is Cc1cccc(C)c1NC(=O)C(C)Oc1cc(-c2ccccc2)c2c(C)nn(C)c2n1. The van der Waals surface area contributed by atoms with Crippen LogP contribution in [0.1, 0.15) is 23.7 Å². The van der Waals surface area contributed by atoms with E-state index in [0.29, 0.717) is 5.88 Å². The Morgan fingerprint density at radius 3 is 2.39 bits per heavy atom. The summed E-state index contributed by atoms with van der Waals surface area (Å²) < 4.78 is 7.74. The highest BCUT2D eigenvalue weighted by Gasteiger charge is 2.20. The maximum Gasteiger partial charge on any atom is 0.265 e. The number of nitrogens with one attached hydrogen (secondary N) is 1. The maximum atomic E-state index is 12.8. The van der Waals surface area contributed by atoms with E-state index in [0.717, 1.165) is 44.7 Å². The number of pyridine rings is 1. The van der Waals surface area contributed by atoms with Crippen LogP contribution in [-0.4, -0.2) is 26.8 Å². The lowest BCUT2D eigenvalue weighted by atomic mass is 10.0. The van der Waals surface area contributed by atoms with Gasteiger partial charge in [-0.2, -0.15) is 10.1 Å². The van der Waals surface area contributed by atoms with Gasteiger partial charge in [0.15, 0.2) is 11.8 Å². The average molecular weight is 415 g/mol. The van der Waals surface area contributed by atoms with Crippen LogP contribution in [0.15, 0.2) is 54.6 Å². The largest absolute Gasteiger partial charge is 0.464 e. The molecule has 0 aliphatic carbocycles. The van der Waals surface area contributed by atoms with E-state index in [4.69, 9.17) is 4.74 Å². The first-order valence-corrected chi connectivity index (χ1v) is 10.3. The van der Waals surface area contributed by atoms with E-state index in [-0.39, 0.29) is 5.91 Å². The summed E-state index contributed by atoms with van der Waals surface area (Å²) in [5, 5.41) is 8.49. The van der Waals surface area contributed by atoms with Gasteiger partial charge in [-0.25, -0.2) is 0 Å². The summed E-state index contributed by atoms with van der Waals surface area (Å²) in [5.74, 6) is 0.167.